The molecule has 0 unspecified atom stereocenters. The zero-order valence-electron chi connectivity index (χ0n) is 5.42. The van der Waals surface area contributed by atoms with Gasteiger partial charge in [0.1, 0.15) is 0 Å². The third-order valence-corrected chi connectivity index (χ3v) is 5.75. The van der Waals surface area contributed by atoms with Crippen LogP contribution in [0.1, 0.15) is 13.8 Å². The van der Waals surface area contributed by atoms with Crippen molar-refractivity contribution in [2.75, 3.05) is 0 Å². The van der Waals surface area contributed by atoms with E-state index in [1.807, 2.05) is 19.9 Å². The van der Waals surface area contributed by atoms with E-state index in [2.05, 4.69) is 0 Å². The summed E-state index contributed by atoms with van der Waals surface area (Å²) in [5, 5.41) is 0. The Kier molecular flexibility index (Phi) is 5.00. The van der Waals surface area contributed by atoms with Crippen LogP contribution in [-0.2, 0) is 0 Å². The fourth-order valence-electron chi connectivity index (χ4n) is 0.320. The molecule has 54 valence electrons. The summed E-state index contributed by atoms with van der Waals surface area (Å²) < 4.78 is 0.696. The van der Waals surface area contributed by atoms with Crippen LogP contribution in [0, 0.1) is 0 Å². The molecular formula is C5H9Cl3Sn. The standard InChI is InChI=1S/C5H9.3ClH.Sn/c1-4-5(2)3;;;;/h4H,1H2,2-3H3;3*1H;/q;;;;+3/p-3. The molecule has 0 amide bonds. The topological polar surface area (TPSA) is 0 Å². The Labute approximate surface area is 71.2 Å². The van der Waals surface area contributed by atoms with Crippen molar-refractivity contribution in [1.29, 1.82) is 0 Å². The van der Waals surface area contributed by atoms with E-state index >= 15 is 0 Å². The zero-order valence-corrected chi connectivity index (χ0v) is 10.5. The van der Waals surface area contributed by atoms with Gasteiger partial charge >= 0.3 is 71.7 Å². The molecule has 0 saturated heterocycles. The van der Waals surface area contributed by atoms with Gasteiger partial charge in [0.2, 0.25) is 0 Å². The van der Waals surface area contributed by atoms with E-state index in [-0.39, 0.29) is 0 Å². The molecule has 0 aromatic heterocycles. The second-order valence-corrected chi connectivity index (χ2v) is 23.7. The number of hydrogen-bond donors (Lipinski definition) is 0. The molecule has 0 aliphatic heterocycles. The van der Waals surface area contributed by atoms with Gasteiger partial charge in [0.05, 0.1) is 0 Å². The monoisotopic (exact) mass is 294 g/mol. The quantitative estimate of drug-likeness (QED) is 0.539. The van der Waals surface area contributed by atoms with Crippen molar-refractivity contribution in [3.63, 3.8) is 0 Å². The summed E-state index contributed by atoms with van der Waals surface area (Å²) in [7, 11) is 17.0. The molecule has 0 aliphatic carbocycles. The number of allylic oxidation sites excluding steroid dienone is 2. The molecule has 0 N–H and O–H groups in total. The zero-order chi connectivity index (χ0) is 7.49. The first kappa shape index (κ1) is 10.4. The summed E-state index contributed by atoms with van der Waals surface area (Å²) >= 11 is -3.02. The summed E-state index contributed by atoms with van der Waals surface area (Å²) in [6, 6.07) is 0. The first-order valence-corrected chi connectivity index (χ1v) is 15.5. The van der Waals surface area contributed by atoms with Gasteiger partial charge in [-0.15, -0.1) is 0 Å². The molecule has 0 heterocycles. The Morgan fingerprint density at radius 1 is 1.33 bits per heavy atom. The number of hydrogen-bond acceptors (Lipinski definition) is 0. The minimum atomic E-state index is -3.02. The van der Waals surface area contributed by atoms with Gasteiger partial charge in [0, 0.05) is 0 Å². The molecule has 0 bridgehead atoms. The van der Waals surface area contributed by atoms with Crippen molar-refractivity contribution in [3.8, 4) is 0 Å². The second-order valence-electron chi connectivity index (χ2n) is 2.10. The Balaban J connectivity index is 3.64. The van der Waals surface area contributed by atoms with Gasteiger partial charge in [0.25, 0.3) is 0 Å². The van der Waals surface area contributed by atoms with Gasteiger partial charge in [-0.3, -0.25) is 0 Å². The van der Waals surface area contributed by atoms with Gasteiger partial charge in [-0.05, 0) is 0 Å². The van der Waals surface area contributed by atoms with Crippen molar-refractivity contribution in [3.05, 3.63) is 11.6 Å². The summed E-state index contributed by atoms with van der Waals surface area (Å²) in [5.41, 5.74) is 1.22. The van der Waals surface area contributed by atoms with E-state index in [4.69, 9.17) is 26.8 Å². The molecule has 0 aromatic rings. The molecule has 0 aliphatic rings. The average Bonchev–Trinajstić information content (AvgIpc) is 1.59. The predicted molar refractivity (Wildman–Crippen MR) is 47.6 cm³/mol. The first-order valence-electron chi connectivity index (χ1n) is 2.62. The van der Waals surface area contributed by atoms with Gasteiger partial charge in [-0.1, -0.05) is 0 Å². The van der Waals surface area contributed by atoms with Crippen LogP contribution >= 0.6 is 26.8 Å². The fraction of sp³-hybridized carbons (Fsp3) is 0.600. The summed E-state index contributed by atoms with van der Waals surface area (Å²) in [5.74, 6) is 0. The molecule has 0 spiro atoms. The van der Waals surface area contributed by atoms with Gasteiger partial charge in [-0.25, -0.2) is 0 Å². The minimum absolute atomic E-state index is 0.696. The van der Waals surface area contributed by atoms with E-state index in [9.17, 15) is 0 Å². The summed E-state index contributed by atoms with van der Waals surface area (Å²) in [4.78, 5) is 0. The van der Waals surface area contributed by atoms with Crippen LogP contribution in [0.3, 0.4) is 0 Å². The summed E-state index contributed by atoms with van der Waals surface area (Å²) in [6.07, 6.45) is 1.99. The van der Waals surface area contributed by atoms with Gasteiger partial charge < -0.3 is 0 Å². The maximum atomic E-state index is 5.67. The summed E-state index contributed by atoms with van der Waals surface area (Å²) in [6.45, 7) is 4.00. The Bertz CT molecular complexity index is 110. The van der Waals surface area contributed by atoms with Crippen LogP contribution in [0.5, 0.6) is 0 Å². The number of rotatable bonds is 2. The van der Waals surface area contributed by atoms with E-state index in [1.165, 1.54) is 5.57 Å². The first-order chi connectivity index (χ1) is 3.92. The molecule has 0 atom stereocenters. The van der Waals surface area contributed by atoms with E-state index in [0.717, 1.165) is 0 Å². The second kappa shape index (κ2) is 4.32. The van der Waals surface area contributed by atoms with Crippen LogP contribution in [0.15, 0.2) is 11.6 Å². The van der Waals surface area contributed by atoms with Crippen molar-refractivity contribution >= 4 is 41.8 Å². The molecule has 0 fully saturated rings. The van der Waals surface area contributed by atoms with Crippen molar-refractivity contribution < 1.29 is 0 Å². The normalized spacial score (nSPS) is 11.2. The molecule has 0 aromatic carbocycles. The molecular weight excluding hydrogens is 285 g/mol. The molecule has 0 saturated carbocycles. The van der Waals surface area contributed by atoms with Crippen molar-refractivity contribution in [2.45, 2.75) is 18.3 Å². The van der Waals surface area contributed by atoms with Crippen LogP contribution < -0.4 is 0 Å². The number of halogens is 3. The average molecular weight is 294 g/mol. The predicted octanol–water partition coefficient (Wildman–Crippen LogP) is 3.61. The van der Waals surface area contributed by atoms with Crippen molar-refractivity contribution in [2.24, 2.45) is 0 Å². The van der Waals surface area contributed by atoms with Gasteiger partial charge in [-0.2, -0.15) is 0 Å². The molecule has 0 radical (unpaired) electrons. The van der Waals surface area contributed by atoms with Crippen molar-refractivity contribution in [1.82, 2.24) is 0 Å². The molecule has 4 heteroatoms. The Morgan fingerprint density at radius 3 is 1.89 bits per heavy atom. The molecule has 0 rings (SSSR count). The van der Waals surface area contributed by atoms with Gasteiger partial charge in [0.15, 0.2) is 0 Å². The van der Waals surface area contributed by atoms with Crippen LogP contribution in [-0.4, -0.2) is 15.0 Å². The Hall–Kier alpha value is 1.41. The van der Waals surface area contributed by atoms with Crippen LogP contribution in [0.2, 0.25) is 4.44 Å². The maximum absolute atomic E-state index is 5.67. The SMILES string of the molecule is CC(C)=C[CH2][Sn]([Cl])([Cl])[Cl]. The third kappa shape index (κ3) is 9.41. The molecule has 0 nitrogen and oxygen atoms in total. The van der Waals surface area contributed by atoms with Crippen LogP contribution in [0.4, 0.5) is 0 Å². The van der Waals surface area contributed by atoms with E-state index in [1.54, 1.807) is 0 Å². The third-order valence-electron chi connectivity index (χ3n) is 0.742. The van der Waals surface area contributed by atoms with E-state index < -0.39 is 15.0 Å². The fourth-order valence-corrected chi connectivity index (χ4v) is 3.70. The molecule has 9 heavy (non-hydrogen) atoms. The van der Waals surface area contributed by atoms with Crippen LogP contribution in [0.25, 0.3) is 0 Å². The Morgan fingerprint density at radius 2 is 1.78 bits per heavy atom. The van der Waals surface area contributed by atoms with E-state index in [0.29, 0.717) is 4.44 Å².